The number of aliphatic hydroxyl groups is 3. The number of aliphatic hydroxyl groups excluding tert-OH is 3. The number of hydrogen-bond donors (Lipinski definition) is 25. The monoisotopic (exact) mass is 2070 g/mol. The maximum atomic E-state index is 15.1. The van der Waals surface area contributed by atoms with E-state index in [0.29, 0.717) is 51.3 Å². The van der Waals surface area contributed by atoms with Crippen molar-refractivity contribution in [2.45, 2.75) is 183 Å². The van der Waals surface area contributed by atoms with Gasteiger partial charge in [-0.3, -0.25) is 111 Å². The first-order valence-corrected chi connectivity index (χ1v) is 50.2. The number of carboxylic acids is 4. The van der Waals surface area contributed by atoms with Crippen molar-refractivity contribution in [3.8, 4) is 0 Å². The SMILES string of the molecule is CC[C@H](C)[C@H](NC(=O)[C@@H](NC(=O)[C@H](Cc1c[nH]c2ccccc12)NC(C)=O)[C@@H](C)O)C(=O)N[C@@H](CSSCCC(=O)N[C@@H](Cc1c[nH]c2ccccc12)C(=O)N1CCC[C@H]1C(=O)N[C@H](CCCCNC(=O)CN1CCN(CC(=O)O)CCN(CC(=O)O)CCN(CC(=O)O)CC1)C(N)=O)C(=O)N[C@@H](CO)C(=O)N[C@@H](CO)C(=O)N[C@@H](Cc1c[nH]c2ccccc12)C(=O)N[C@@H](Cc1cnc[nH]1)C(=O)N[C@@H](CC(=O)O)C(N)=O. The lowest BCUT2D eigenvalue weighted by Gasteiger charge is -2.32. The molecule has 7 aromatic rings. The lowest BCUT2D eigenvalue weighted by atomic mass is 9.97. The minimum absolute atomic E-state index is 0.0104. The number of rotatable bonds is 57. The minimum Gasteiger partial charge on any atom is -0.481 e. The Morgan fingerprint density at radius 3 is 1.33 bits per heavy atom. The Kier molecular flexibility index (Phi) is 45.5. The van der Waals surface area contributed by atoms with Crippen LogP contribution in [-0.2, 0) is 117 Å². The van der Waals surface area contributed by atoms with E-state index in [1.807, 2.05) is 0 Å². The number of fused-ring (bicyclic) bond motifs is 3. The third kappa shape index (κ3) is 36.0. The van der Waals surface area contributed by atoms with E-state index in [1.54, 1.807) is 119 Å². The van der Waals surface area contributed by atoms with Crippen LogP contribution in [0.4, 0.5) is 0 Å². The van der Waals surface area contributed by atoms with Gasteiger partial charge in [-0.1, -0.05) is 96.5 Å². The highest BCUT2D eigenvalue weighted by molar-refractivity contribution is 8.76. The molecule has 0 radical (unpaired) electrons. The van der Waals surface area contributed by atoms with E-state index in [4.69, 9.17) is 11.5 Å². The fraction of sp³-hybridized carbons (Fsp3) is 0.511. The van der Waals surface area contributed by atoms with Crippen molar-refractivity contribution < 1.29 is 127 Å². The first kappa shape index (κ1) is 115. The van der Waals surface area contributed by atoms with Gasteiger partial charge in [-0.2, -0.15) is 0 Å². The van der Waals surface area contributed by atoms with E-state index in [1.165, 1.54) is 37.5 Å². The molecule has 9 rings (SSSR count). The van der Waals surface area contributed by atoms with Crippen molar-refractivity contribution in [3.63, 3.8) is 0 Å². The second-order valence-electron chi connectivity index (χ2n) is 35.8. The minimum atomic E-state index is -2.04. The molecule has 27 N–H and O–H groups in total. The second kappa shape index (κ2) is 57.5. The summed E-state index contributed by atoms with van der Waals surface area (Å²) in [5.74, 6) is -20.4. The van der Waals surface area contributed by atoms with Crippen LogP contribution in [0, 0.1) is 5.92 Å². The highest BCUT2D eigenvalue weighted by Crippen LogP contribution is 2.28. The summed E-state index contributed by atoms with van der Waals surface area (Å²) in [6.45, 7) is 3.57. The number of amides is 15. The first-order chi connectivity index (χ1) is 69.7. The second-order valence-corrected chi connectivity index (χ2v) is 38.4. The Morgan fingerprint density at radius 1 is 0.452 bits per heavy atom. The number of carbonyl (C=O) groups excluding carboxylic acids is 15. The number of likely N-dealkylation sites (tertiary alicyclic amines) is 1. The predicted molar refractivity (Wildman–Crippen MR) is 531 cm³/mol. The summed E-state index contributed by atoms with van der Waals surface area (Å²) in [5.41, 5.74) is 15.2. The molecule has 2 aliphatic heterocycles. The summed E-state index contributed by atoms with van der Waals surface area (Å²) in [6, 6.07) is 1.81. The van der Waals surface area contributed by atoms with Gasteiger partial charge in [-0.25, -0.2) is 4.98 Å². The van der Waals surface area contributed by atoms with Gasteiger partial charge in [0.2, 0.25) is 88.6 Å². The maximum Gasteiger partial charge on any atom is 0.317 e. The van der Waals surface area contributed by atoms with E-state index in [2.05, 4.69) is 88.7 Å². The molecule has 0 aliphatic carbocycles. The van der Waals surface area contributed by atoms with Crippen molar-refractivity contribution in [2.75, 3.05) is 116 Å². The number of hydrogen-bond acceptors (Lipinski definition) is 29. The van der Waals surface area contributed by atoms with Gasteiger partial charge in [0, 0.05) is 179 Å². The average Bonchev–Trinajstić information content (AvgIpc) is 1.66. The number of nitrogens with two attached hydrogens (primary N) is 2. The standard InChI is InChI=1S/C94H130N24O26S2/c1-5-52(2)81(112-93(143)82(53(3)121)113-87(137)67(103-54(4)122)35-55-40-99-62-18-9-6-15-59(55)62)92(142)111-73(90(140)110-72(49-120)89(139)109-71(48-119)88(138)107-68(36-56-41-100-63-19-10-7-16-60(56)63)85(135)108-69(38-58-43-97-51-102-58)86(136)106-66(84(96)134)39-77(125)126)50-146-145-34-23-75(123)104-70(37-57-42-101-64-20-11-8-17-61(57)64)94(144)118-25-14-22-74(118)91(141)105-65(83(95)133)21-12-13-24-98-76(124)44-114-26-28-115(45-78(127)128)30-32-117(47-80(131)132)33-31-116(29-27-114)46-79(129)130/h6-11,15-20,40-43,51-53,65-74,81-82,99-101,119-121H,5,12-14,21-39,44-50H2,1-4H3,(H2,95,133)(H2,96,134)(H,97,102)(H,98,124)(H,103,122)(H,104,123)(H,105,141)(H,106,136)(H,107,138)(H,108,135)(H,109,139)(H,110,140)(H,111,142)(H,112,143)(H,113,137)(H,125,126)(H,127,128)(H,129,130)(H,131,132)/t52-,53+,65+,66-,67-,68-,69-,70-,71-,72-,73-,74-,81-,82-/m0/s1. The third-order valence-electron chi connectivity index (χ3n) is 24.9. The van der Waals surface area contributed by atoms with Gasteiger partial charge in [0.05, 0.1) is 58.2 Å². The number of aliphatic carboxylic acids is 4. The van der Waals surface area contributed by atoms with E-state index >= 15 is 9.59 Å². The molecule has 0 bridgehead atoms. The quantitative estimate of drug-likeness (QED) is 0.0125. The molecule has 3 aromatic carbocycles. The van der Waals surface area contributed by atoms with Crippen LogP contribution in [0.1, 0.15) is 101 Å². The van der Waals surface area contributed by atoms with Crippen molar-refractivity contribution in [2.24, 2.45) is 17.4 Å². The van der Waals surface area contributed by atoms with E-state index < -0.39 is 222 Å². The summed E-state index contributed by atoms with van der Waals surface area (Å²) in [6.07, 6.45) is 4.78. The topological polar surface area (TPSA) is 755 Å². The maximum absolute atomic E-state index is 15.1. The summed E-state index contributed by atoms with van der Waals surface area (Å²) in [4.78, 5) is 283. The molecule has 2 saturated heterocycles. The Hall–Kier alpha value is -14.2. The number of nitrogens with one attached hydrogen (secondary N) is 16. The number of carbonyl (C=O) groups is 19. The van der Waals surface area contributed by atoms with Crippen LogP contribution in [0.5, 0.6) is 0 Å². The zero-order chi connectivity index (χ0) is 106. The Bertz CT molecular complexity index is 5670. The molecule has 15 amide bonds. The van der Waals surface area contributed by atoms with Crippen molar-refractivity contribution in [1.82, 2.24) is 113 Å². The van der Waals surface area contributed by atoms with Crippen LogP contribution in [0.3, 0.4) is 0 Å². The normalized spacial score (nSPS) is 16.7. The molecular formula is C94H130N24O26S2. The molecular weight excluding hydrogens is 1950 g/mol. The number of nitrogens with zero attached hydrogens (tertiary/aromatic N) is 6. The van der Waals surface area contributed by atoms with Crippen molar-refractivity contribution in [1.29, 1.82) is 0 Å². The molecule has 14 atom stereocenters. The number of imidazole rings is 1. The van der Waals surface area contributed by atoms with Gasteiger partial charge in [-0.05, 0) is 79.8 Å². The van der Waals surface area contributed by atoms with Crippen LogP contribution < -0.4 is 75.3 Å². The Morgan fingerprint density at radius 2 is 0.877 bits per heavy atom. The highest BCUT2D eigenvalue weighted by Gasteiger charge is 2.42. The fourth-order valence-electron chi connectivity index (χ4n) is 16.8. The first-order valence-electron chi connectivity index (χ1n) is 47.7. The highest BCUT2D eigenvalue weighted by atomic mass is 33.1. The van der Waals surface area contributed by atoms with E-state index in [9.17, 15) is 117 Å². The molecule has 0 unspecified atom stereocenters. The van der Waals surface area contributed by atoms with Gasteiger partial charge < -0.3 is 136 Å². The fourth-order valence-corrected chi connectivity index (χ4v) is 19.0. The number of H-pyrrole nitrogens is 4. The van der Waals surface area contributed by atoms with Gasteiger partial charge >= 0.3 is 23.9 Å². The molecule has 2 fully saturated rings. The zero-order valence-electron chi connectivity index (χ0n) is 81.2. The smallest absolute Gasteiger partial charge is 0.317 e. The number of aromatic amines is 4. The molecule has 0 spiro atoms. The van der Waals surface area contributed by atoms with Crippen LogP contribution in [0.25, 0.3) is 32.7 Å². The summed E-state index contributed by atoms with van der Waals surface area (Å²) in [5, 5.41) is 104. The summed E-state index contributed by atoms with van der Waals surface area (Å²) >= 11 is 0. The van der Waals surface area contributed by atoms with Gasteiger partial charge in [0.15, 0.2) is 0 Å². The zero-order valence-corrected chi connectivity index (χ0v) is 82.8. The average molecular weight is 2080 g/mol. The number of aromatic nitrogens is 5. The third-order valence-corrected chi connectivity index (χ3v) is 27.3. The van der Waals surface area contributed by atoms with Gasteiger partial charge in [0.25, 0.3) is 0 Å². The van der Waals surface area contributed by atoms with Gasteiger partial charge in [0.1, 0.15) is 72.5 Å². The number of benzene rings is 3. The lowest BCUT2D eigenvalue weighted by Crippen LogP contribution is -2.63. The van der Waals surface area contributed by atoms with E-state index in [0.717, 1.165) is 32.5 Å². The van der Waals surface area contributed by atoms with Crippen LogP contribution in [0.2, 0.25) is 0 Å². The number of primary amides is 2. The molecule has 50 nitrogen and oxygen atoms in total. The molecule has 2 aliphatic rings. The van der Waals surface area contributed by atoms with Crippen molar-refractivity contribution in [3.05, 3.63) is 126 Å². The van der Waals surface area contributed by atoms with Crippen LogP contribution in [-0.4, -0.2) is 393 Å². The van der Waals surface area contributed by atoms with Crippen molar-refractivity contribution >= 4 is 167 Å². The largest absolute Gasteiger partial charge is 0.481 e. The van der Waals surface area contributed by atoms with E-state index in [-0.39, 0.29) is 161 Å². The molecule has 794 valence electrons. The number of para-hydroxylation sites is 3. The molecule has 6 heterocycles. The summed E-state index contributed by atoms with van der Waals surface area (Å²) < 4.78 is 0. The molecule has 0 saturated carbocycles. The van der Waals surface area contributed by atoms with Crippen LogP contribution >= 0.6 is 21.6 Å². The predicted octanol–water partition coefficient (Wildman–Crippen LogP) is -5.14. The Labute approximate surface area is 845 Å². The lowest BCUT2D eigenvalue weighted by molar-refractivity contribution is -0.142. The number of carboxylic acid groups (broad SMARTS) is 4. The van der Waals surface area contributed by atoms with Gasteiger partial charge in [-0.15, -0.1) is 0 Å². The Balaban J connectivity index is 0.885. The van der Waals surface area contributed by atoms with Crippen LogP contribution in [0.15, 0.2) is 104 Å². The molecule has 4 aromatic heterocycles. The molecule has 52 heteroatoms. The molecule has 146 heavy (non-hydrogen) atoms. The summed E-state index contributed by atoms with van der Waals surface area (Å²) in [7, 11) is 1.88. The number of unbranched alkanes of at least 4 members (excludes halogenated alkanes) is 1.